The average Bonchev–Trinajstić information content (AvgIpc) is 1.74. The van der Waals surface area contributed by atoms with E-state index >= 15 is 0 Å². The molecule has 39 heteroatoms. The summed E-state index contributed by atoms with van der Waals surface area (Å²) in [5, 5.41) is 11.4. The van der Waals surface area contributed by atoms with Gasteiger partial charge in [0.05, 0.1) is 69.8 Å². The summed E-state index contributed by atoms with van der Waals surface area (Å²) >= 11 is 0. The molecular formula is C82H124N4O35. The van der Waals surface area contributed by atoms with Gasteiger partial charge in [-0.05, 0) is 42.5 Å². The van der Waals surface area contributed by atoms with Crippen molar-refractivity contribution in [1.29, 1.82) is 0 Å². The summed E-state index contributed by atoms with van der Waals surface area (Å²) in [7, 11) is 25.2. The highest BCUT2D eigenvalue weighted by molar-refractivity contribution is 5.82. The maximum atomic E-state index is 13.4. The molecule has 3 aromatic carbocycles. The summed E-state index contributed by atoms with van der Waals surface area (Å²) in [6, 6.07) is 15.1. The lowest BCUT2D eigenvalue weighted by Gasteiger charge is -2.51. The van der Waals surface area contributed by atoms with Gasteiger partial charge in [-0.3, -0.25) is 33.6 Å². The van der Waals surface area contributed by atoms with Crippen LogP contribution in [0.3, 0.4) is 0 Å². The standard InChI is InChI=1S/C46H66N2O17.C36H58N2O18/c1-24-35(47-25(2)49)38(54-5)42(58-9)45(61-24)64-37-32(23-53-4)63-46(43(59-10)40(37)56-7)65-36-31(22-52-3)62-44(41(57-8)39(36)55-6)48-33(50)19-20-34(51)60-21-30-28-17-13-11-15-26(28)27-16-12-14-18-29(27)30;1-16-22(37-17(2)39)28(46-6)32(50-10)35(52-16)55-27-20(15-44-4)54-36(33(51-11)30(27)48-8)56-26-19(14-43-3)53-34(31(49-9)29(26)47-7)38-21(40)13-12-18-23(41)24(42)25(18)45-5/h11-18,24,30-32,35-46H,19-23H2,1-10H3,(H,47,49)(H,48,50);16,19-20,22,26-36H,12-15H2,1-11H3,(H,37,39)(H,38,40). The number of fused-ring (bicyclic) bond motifs is 3. The number of nitrogens with one attached hydrogen (secondary N) is 4. The zero-order valence-corrected chi connectivity index (χ0v) is 72.7. The second kappa shape index (κ2) is 47.3. The van der Waals surface area contributed by atoms with E-state index in [0.717, 1.165) is 22.3 Å². The van der Waals surface area contributed by atoms with E-state index in [2.05, 4.69) is 33.4 Å². The van der Waals surface area contributed by atoms with Crippen LogP contribution in [-0.2, 0) is 158 Å². The van der Waals surface area contributed by atoms with Crippen LogP contribution >= 0.6 is 0 Å². The van der Waals surface area contributed by atoms with Crippen molar-refractivity contribution in [2.24, 2.45) is 0 Å². The molecule has 10 rings (SSSR count). The Morgan fingerprint density at radius 2 is 0.669 bits per heavy atom. The highest BCUT2D eigenvalue weighted by Crippen LogP contribution is 2.45. The number of esters is 1. The van der Waals surface area contributed by atoms with Crippen LogP contribution in [0, 0.1) is 0 Å². The highest BCUT2D eigenvalue weighted by Gasteiger charge is 2.59. The van der Waals surface area contributed by atoms with Crippen molar-refractivity contribution in [1.82, 2.24) is 21.3 Å². The Bertz CT molecular complexity index is 3760. The van der Waals surface area contributed by atoms with E-state index in [9.17, 15) is 33.6 Å². The summed E-state index contributed by atoms with van der Waals surface area (Å²) in [6.45, 7) is 6.70. The lowest BCUT2D eigenvalue weighted by atomic mass is 9.94. The summed E-state index contributed by atoms with van der Waals surface area (Å²) in [6.07, 6.45) is -24.4. The topological polar surface area (TPSA) is 426 Å². The van der Waals surface area contributed by atoms with Crippen LogP contribution < -0.4 is 36.9 Å². The number of carbonyl (C=O) groups is 5. The number of hydrogen-bond acceptors (Lipinski definition) is 35. The van der Waals surface area contributed by atoms with Gasteiger partial charge in [0.15, 0.2) is 43.4 Å². The molecule has 3 aromatic rings. The fourth-order valence-electron chi connectivity index (χ4n) is 17.2. The first-order chi connectivity index (χ1) is 58.3. The molecule has 0 aromatic heterocycles. The van der Waals surface area contributed by atoms with Gasteiger partial charge >= 0.3 is 5.97 Å². The molecule has 0 bridgehead atoms. The maximum Gasteiger partial charge on any atom is 0.306 e. The molecule has 30 unspecified atom stereocenters. The van der Waals surface area contributed by atoms with Gasteiger partial charge in [-0.15, -0.1) is 0 Å². The maximum absolute atomic E-state index is 13.4. The lowest BCUT2D eigenvalue weighted by Crippen LogP contribution is -2.69. The van der Waals surface area contributed by atoms with Gasteiger partial charge in [-0.1, -0.05) is 48.5 Å². The second-order valence-electron chi connectivity index (χ2n) is 30.0. The zero-order chi connectivity index (χ0) is 88.1. The summed E-state index contributed by atoms with van der Waals surface area (Å²) in [4.78, 5) is 87.3. The second-order valence-corrected chi connectivity index (χ2v) is 30.0. The Kier molecular flexibility index (Phi) is 38.4. The summed E-state index contributed by atoms with van der Waals surface area (Å²) in [5.41, 5.74) is 3.21. The zero-order valence-electron chi connectivity index (χ0n) is 72.7. The number of hydrogen-bond donors (Lipinski definition) is 4. The molecule has 6 saturated heterocycles. The third-order valence-corrected chi connectivity index (χ3v) is 22.8. The van der Waals surface area contributed by atoms with Crippen LogP contribution in [0.5, 0.6) is 5.75 Å². The number of methoxy groups -OCH3 is 17. The fraction of sp³-hybridized carbons (Fsp3) is 0.744. The van der Waals surface area contributed by atoms with E-state index in [-0.39, 0.29) is 87.8 Å². The smallest absolute Gasteiger partial charge is 0.306 e. The first kappa shape index (κ1) is 98.4. The van der Waals surface area contributed by atoms with Crippen LogP contribution in [0.25, 0.3) is 11.1 Å². The van der Waals surface area contributed by atoms with E-state index in [0.29, 0.717) is 0 Å². The van der Waals surface area contributed by atoms with Gasteiger partial charge in [0.1, 0.15) is 129 Å². The minimum atomic E-state index is -1.12. The van der Waals surface area contributed by atoms with Crippen molar-refractivity contribution in [2.75, 3.05) is 154 Å². The average molecular weight is 1730 g/mol. The third kappa shape index (κ3) is 22.9. The molecule has 30 atom stereocenters. The van der Waals surface area contributed by atoms with Gasteiger partial charge in [0.25, 0.3) is 5.43 Å². The quantitative estimate of drug-likeness (QED) is 0.0438. The molecule has 0 spiro atoms. The Balaban J connectivity index is 0.000000278. The predicted molar refractivity (Wildman–Crippen MR) is 422 cm³/mol. The molecule has 6 aliphatic heterocycles. The van der Waals surface area contributed by atoms with Crippen LogP contribution in [0.15, 0.2) is 58.1 Å². The van der Waals surface area contributed by atoms with E-state index < -0.39 is 213 Å². The summed E-state index contributed by atoms with van der Waals surface area (Å²) < 4.78 is 169. The number of amides is 4. The number of benzene rings is 2. The van der Waals surface area contributed by atoms with Gasteiger partial charge in [-0.25, -0.2) is 0 Å². The molecule has 0 saturated carbocycles. The van der Waals surface area contributed by atoms with Gasteiger partial charge in [-0.2, -0.15) is 0 Å². The van der Waals surface area contributed by atoms with Crippen molar-refractivity contribution >= 4 is 29.6 Å². The van der Waals surface area contributed by atoms with Gasteiger partial charge in [0, 0.05) is 146 Å². The number of carbonyl (C=O) groups excluding carboxylic acids is 5. The molecule has 4 N–H and O–H groups in total. The van der Waals surface area contributed by atoms with Crippen molar-refractivity contribution in [3.63, 3.8) is 0 Å². The Labute approximate surface area is 704 Å². The fourth-order valence-corrected chi connectivity index (χ4v) is 17.2. The van der Waals surface area contributed by atoms with E-state index in [1.54, 1.807) is 13.8 Å². The molecule has 6 fully saturated rings. The molecule has 7 aliphatic rings. The molecule has 39 nitrogen and oxygen atoms in total. The largest absolute Gasteiger partial charge is 0.492 e. The highest BCUT2D eigenvalue weighted by atomic mass is 16.8. The van der Waals surface area contributed by atoms with E-state index in [1.165, 1.54) is 135 Å². The molecule has 4 amide bonds. The van der Waals surface area contributed by atoms with Gasteiger partial charge < -0.3 is 154 Å². The Hall–Kier alpha value is -6.37. The van der Waals surface area contributed by atoms with E-state index in [1.807, 2.05) is 36.4 Å². The first-order valence-corrected chi connectivity index (χ1v) is 40.0. The third-order valence-electron chi connectivity index (χ3n) is 22.8. The van der Waals surface area contributed by atoms with Crippen LogP contribution in [-0.4, -0.2) is 367 Å². The van der Waals surface area contributed by atoms with Crippen molar-refractivity contribution in [3.05, 3.63) is 85.7 Å². The van der Waals surface area contributed by atoms with Crippen LogP contribution in [0.4, 0.5) is 0 Å². The molecule has 1 aliphatic carbocycles. The SMILES string of the molecule is COCC1OC(NC(=O)CCC(=O)OCC2c3ccccc3-c3ccccc32)C(OC)C(OC)C1OC1OC(COC)C(OC2OC(C)C(NC(C)=O)C(OC)C2OC)C(OC)C1OC.COCC1OC(NC(=O)CCc2c(OC)c(=O)c2=O)C(OC)C(OC)C1OC1OC(COC)C(OC2OC(C)C(NC(C)=O)C(OC)C2OC)C(OC)C1OC. The predicted octanol–water partition coefficient (Wildman–Crippen LogP) is 0.283. The van der Waals surface area contributed by atoms with E-state index in [4.69, 9.17) is 133 Å². The Morgan fingerprint density at radius 1 is 0.347 bits per heavy atom. The molecule has 6 heterocycles. The first-order valence-electron chi connectivity index (χ1n) is 40.0. The van der Waals surface area contributed by atoms with Crippen molar-refractivity contribution in [2.45, 2.75) is 243 Å². The van der Waals surface area contributed by atoms with Crippen molar-refractivity contribution in [3.8, 4) is 16.9 Å². The monoisotopic (exact) mass is 1720 g/mol. The normalized spacial score (nSPS) is 34.8. The van der Waals surface area contributed by atoms with Crippen LogP contribution in [0.1, 0.15) is 69.6 Å². The minimum Gasteiger partial charge on any atom is -0.492 e. The number of ether oxygens (including phenoxy) is 28. The van der Waals surface area contributed by atoms with Crippen molar-refractivity contribution < 1.29 is 157 Å². The Morgan fingerprint density at radius 3 is 1.01 bits per heavy atom. The molecule has 682 valence electrons. The molecular weight excluding hydrogens is 1600 g/mol. The molecule has 0 radical (unpaired) electrons. The summed E-state index contributed by atoms with van der Waals surface area (Å²) in [5.74, 6) is -2.08. The van der Waals surface area contributed by atoms with Gasteiger partial charge in [0.2, 0.25) is 29.1 Å². The minimum absolute atomic E-state index is 0.00108. The van der Waals surface area contributed by atoms with Crippen LogP contribution in [0.2, 0.25) is 0 Å². The number of rotatable bonds is 41. The molecule has 121 heavy (non-hydrogen) atoms. The lowest BCUT2D eigenvalue weighted by molar-refractivity contribution is -0.374.